The Balaban J connectivity index is 1.54. The van der Waals surface area contributed by atoms with Crippen LogP contribution in [0.3, 0.4) is 0 Å². The van der Waals surface area contributed by atoms with E-state index in [4.69, 9.17) is 4.74 Å². The summed E-state index contributed by atoms with van der Waals surface area (Å²) in [6.45, 7) is -2.47. The fraction of sp³-hybridized carbons (Fsp3) is 0.500. The van der Waals surface area contributed by atoms with Gasteiger partial charge in [-0.05, 0) is 62.5 Å². The Morgan fingerprint density at radius 1 is 1.10 bits per heavy atom. The van der Waals surface area contributed by atoms with E-state index in [0.29, 0.717) is 17.3 Å². The predicted molar refractivity (Wildman–Crippen MR) is 144 cm³/mol. The van der Waals surface area contributed by atoms with Crippen molar-refractivity contribution in [2.24, 2.45) is 0 Å². The van der Waals surface area contributed by atoms with Crippen molar-refractivity contribution in [1.82, 2.24) is 9.88 Å². The molecule has 0 spiro atoms. The fourth-order valence-electron chi connectivity index (χ4n) is 4.84. The van der Waals surface area contributed by atoms with Crippen LogP contribution in [0.2, 0.25) is 0 Å². The molecule has 0 radical (unpaired) electrons. The highest BCUT2D eigenvalue weighted by molar-refractivity contribution is 7.99. The maximum atomic E-state index is 13.5. The molecule has 0 fully saturated rings. The number of allylic oxidation sites excluding steroid dienone is 2. The molecule has 0 saturated carbocycles. The highest BCUT2D eigenvalue weighted by atomic mass is 32.2. The minimum Gasteiger partial charge on any atom is -0.367 e. The zero-order chi connectivity index (χ0) is 28.0. The van der Waals surface area contributed by atoms with Crippen molar-refractivity contribution in [1.29, 1.82) is 0 Å². The average Bonchev–Trinajstić information content (AvgIpc) is 3.22. The molecule has 1 heterocycles. The van der Waals surface area contributed by atoms with E-state index in [1.165, 1.54) is 11.8 Å². The number of anilines is 1. The van der Waals surface area contributed by atoms with Gasteiger partial charge < -0.3 is 14.6 Å². The first kappa shape index (κ1) is 29.4. The van der Waals surface area contributed by atoms with E-state index in [2.05, 4.69) is 28.6 Å². The van der Waals surface area contributed by atoms with Gasteiger partial charge >= 0.3 is 12.4 Å². The summed E-state index contributed by atoms with van der Waals surface area (Å²) >= 11 is 1.52. The van der Waals surface area contributed by atoms with Crippen molar-refractivity contribution in [3.63, 3.8) is 0 Å². The molecule has 11 heteroatoms. The molecule has 3 unspecified atom stereocenters. The van der Waals surface area contributed by atoms with Crippen molar-refractivity contribution >= 4 is 28.4 Å². The van der Waals surface area contributed by atoms with Gasteiger partial charge in [0, 0.05) is 22.0 Å². The summed E-state index contributed by atoms with van der Waals surface area (Å²) in [5.74, 6) is 5.70. The molecule has 1 aromatic heterocycles. The van der Waals surface area contributed by atoms with E-state index in [1.807, 2.05) is 18.4 Å². The lowest BCUT2D eigenvalue weighted by Crippen LogP contribution is -2.45. The number of nitrogens with zero attached hydrogens (tertiary/aromatic N) is 1. The second-order valence-electron chi connectivity index (χ2n) is 9.64. The SMILES string of the molecule is CSC1C=CC(NCC#Cc2cc3c(NC4=CCCCC4)cccc3n2CC(F)(F)F)C(OCC(F)(F)F)C1. The summed E-state index contributed by atoms with van der Waals surface area (Å²) in [6.07, 6.45) is 2.54. The Kier molecular flexibility index (Phi) is 9.62. The third kappa shape index (κ3) is 8.47. The predicted octanol–water partition coefficient (Wildman–Crippen LogP) is 7.02. The highest BCUT2D eigenvalue weighted by Crippen LogP contribution is 2.32. The zero-order valence-electron chi connectivity index (χ0n) is 21.5. The minimum atomic E-state index is -4.44. The molecule has 2 N–H and O–H groups in total. The summed E-state index contributed by atoms with van der Waals surface area (Å²) in [6, 6.07) is 6.36. The normalized spacial score (nSPS) is 21.9. The number of benzene rings is 1. The number of alkyl halides is 6. The number of hydrogen-bond donors (Lipinski definition) is 2. The summed E-state index contributed by atoms with van der Waals surface area (Å²) < 4.78 is 85.0. The van der Waals surface area contributed by atoms with Gasteiger partial charge in [0.25, 0.3) is 0 Å². The lowest BCUT2D eigenvalue weighted by molar-refractivity contribution is -0.187. The Bertz CT molecular complexity index is 1250. The van der Waals surface area contributed by atoms with Crippen LogP contribution in [0, 0.1) is 11.8 Å². The summed E-state index contributed by atoms with van der Waals surface area (Å²) in [4.78, 5) is 0. The molecule has 3 atom stereocenters. The number of thioether (sulfide) groups is 1. The number of nitrogens with one attached hydrogen (secondary N) is 2. The molecule has 2 aliphatic carbocycles. The molecule has 0 amide bonds. The Morgan fingerprint density at radius 2 is 1.92 bits per heavy atom. The third-order valence-electron chi connectivity index (χ3n) is 6.67. The Morgan fingerprint density at radius 3 is 2.62 bits per heavy atom. The van der Waals surface area contributed by atoms with Crippen molar-refractivity contribution in [3.8, 4) is 11.8 Å². The second kappa shape index (κ2) is 12.7. The number of aromatic nitrogens is 1. The van der Waals surface area contributed by atoms with Gasteiger partial charge in [0.15, 0.2) is 0 Å². The molecule has 212 valence electrons. The first-order valence-corrected chi connectivity index (χ1v) is 14.1. The van der Waals surface area contributed by atoms with Crippen LogP contribution >= 0.6 is 11.8 Å². The van der Waals surface area contributed by atoms with E-state index in [9.17, 15) is 26.3 Å². The molecule has 4 rings (SSSR count). The molecule has 4 nitrogen and oxygen atoms in total. The van der Waals surface area contributed by atoms with Gasteiger partial charge in [-0.25, -0.2) is 0 Å². The molecular formula is C28H31F6N3OS. The van der Waals surface area contributed by atoms with Gasteiger partial charge in [-0.2, -0.15) is 38.1 Å². The van der Waals surface area contributed by atoms with Gasteiger partial charge in [0.2, 0.25) is 0 Å². The first-order valence-electron chi connectivity index (χ1n) is 12.8. The molecule has 0 bridgehead atoms. The smallest absolute Gasteiger partial charge is 0.367 e. The molecular weight excluding hydrogens is 540 g/mol. The number of fused-ring (bicyclic) bond motifs is 1. The summed E-state index contributed by atoms with van der Waals surface area (Å²) in [5, 5.41) is 7.13. The van der Waals surface area contributed by atoms with Crippen LogP contribution in [-0.4, -0.2) is 53.7 Å². The van der Waals surface area contributed by atoms with E-state index < -0.39 is 37.7 Å². The quantitative estimate of drug-likeness (QED) is 0.203. The van der Waals surface area contributed by atoms with Crippen molar-refractivity contribution < 1.29 is 31.1 Å². The van der Waals surface area contributed by atoms with E-state index in [0.717, 1.165) is 41.6 Å². The highest BCUT2D eigenvalue weighted by Gasteiger charge is 2.33. The van der Waals surface area contributed by atoms with Gasteiger partial charge in [0.1, 0.15) is 13.2 Å². The lowest BCUT2D eigenvalue weighted by atomic mass is 9.98. The van der Waals surface area contributed by atoms with Crippen LogP contribution in [0.4, 0.5) is 32.0 Å². The van der Waals surface area contributed by atoms with Crippen molar-refractivity contribution in [2.45, 2.75) is 68.4 Å². The zero-order valence-corrected chi connectivity index (χ0v) is 22.3. The minimum absolute atomic E-state index is 0.0395. The average molecular weight is 572 g/mol. The summed E-state index contributed by atoms with van der Waals surface area (Å²) in [7, 11) is 0. The maximum absolute atomic E-state index is 13.5. The van der Waals surface area contributed by atoms with E-state index in [1.54, 1.807) is 24.3 Å². The van der Waals surface area contributed by atoms with Gasteiger partial charge in [0.05, 0.1) is 29.9 Å². The second-order valence-corrected chi connectivity index (χ2v) is 10.7. The van der Waals surface area contributed by atoms with Crippen LogP contribution in [0.1, 0.15) is 37.8 Å². The number of rotatable bonds is 8. The van der Waals surface area contributed by atoms with Crippen LogP contribution < -0.4 is 10.6 Å². The van der Waals surface area contributed by atoms with Gasteiger partial charge in [-0.3, -0.25) is 5.32 Å². The van der Waals surface area contributed by atoms with Gasteiger partial charge in [-0.15, -0.1) is 0 Å². The number of hydrogen-bond acceptors (Lipinski definition) is 4. The van der Waals surface area contributed by atoms with E-state index >= 15 is 0 Å². The molecule has 2 aliphatic rings. The van der Waals surface area contributed by atoms with Crippen molar-refractivity contribution in [3.05, 3.63) is 53.9 Å². The molecule has 1 aromatic carbocycles. The lowest BCUT2D eigenvalue weighted by Gasteiger charge is -2.31. The topological polar surface area (TPSA) is 38.2 Å². The van der Waals surface area contributed by atoms with E-state index in [-0.39, 0.29) is 17.5 Å². The molecule has 0 saturated heterocycles. The van der Waals surface area contributed by atoms with Crippen LogP contribution in [0.25, 0.3) is 10.9 Å². The van der Waals surface area contributed by atoms with Crippen LogP contribution in [-0.2, 0) is 11.3 Å². The van der Waals surface area contributed by atoms with Crippen molar-refractivity contribution in [2.75, 3.05) is 24.7 Å². The maximum Gasteiger partial charge on any atom is 0.411 e. The number of ether oxygens (including phenoxy) is 1. The standard InChI is InChI=1S/C28H31F6N3OS/c1-39-21-12-13-24(26(16-21)38-18-28(32,33)34)35-14-6-9-20-15-22-23(36-19-7-3-2-4-8-19)10-5-11-25(22)37(20)17-27(29,30)31/h5,7,10-13,15,21,24,26,35-36H,2-4,8,14,16-18H2,1H3. The molecule has 0 aliphatic heterocycles. The van der Waals surface area contributed by atoms with Crippen LogP contribution in [0.5, 0.6) is 0 Å². The first-order chi connectivity index (χ1) is 18.5. The number of halogens is 6. The van der Waals surface area contributed by atoms with Gasteiger partial charge in [-0.1, -0.05) is 30.2 Å². The fourth-order valence-corrected chi connectivity index (χ4v) is 5.47. The summed E-state index contributed by atoms with van der Waals surface area (Å²) in [5.41, 5.74) is 2.41. The molecule has 39 heavy (non-hydrogen) atoms. The Hall–Kier alpha value is -2.55. The third-order valence-corrected chi connectivity index (χ3v) is 7.63. The van der Waals surface area contributed by atoms with Crippen LogP contribution in [0.15, 0.2) is 48.2 Å². The monoisotopic (exact) mass is 571 g/mol. The largest absolute Gasteiger partial charge is 0.411 e. The Labute approximate surface area is 228 Å². The molecule has 2 aromatic rings.